The van der Waals surface area contributed by atoms with Crippen molar-refractivity contribution >= 4 is 22.9 Å². The smallest absolute Gasteiger partial charge is 0.233 e. The van der Waals surface area contributed by atoms with Crippen molar-refractivity contribution < 1.29 is 4.39 Å². The van der Waals surface area contributed by atoms with Gasteiger partial charge in [0.1, 0.15) is 5.82 Å². The van der Waals surface area contributed by atoms with E-state index in [1.165, 1.54) is 12.1 Å². The fraction of sp³-hybridized carbons (Fsp3) is 0.176. The molecule has 0 spiro atoms. The summed E-state index contributed by atoms with van der Waals surface area (Å²) in [6, 6.07) is 8.06. The molecule has 0 amide bonds. The average molecular weight is 352 g/mol. The summed E-state index contributed by atoms with van der Waals surface area (Å²) in [6.07, 6.45) is 3.49. The van der Waals surface area contributed by atoms with Crippen LogP contribution < -0.4 is 11.1 Å². The summed E-state index contributed by atoms with van der Waals surface area (Å²) in [5.74, 6) is 1.04. The molecule has 3 aromatic heterocycles. The van der Waals surface area contributed by atoms with Crippen molar-refractivity contribution in [3.8, 4) is 5.95 Å². The van der Waals surface area contributed by atoms with E-state index in [-0.39, 0.29) is 11.6 Å². The molecule has 4 rings (SSSR count). The van der Waals surface area contributed by atoms with Gasteiger partial charge in [-0.15, -0.1) is 0 Å². The second-order valence-electron chi connectivity index (χ2n) is 5.69. The maximum atomic E-state index is 13.0. The van der Waals surface area contributed by atoms with Crippen LogP contribution in [0.2, 0.25) is 0 Å². The van der Waals surface area contributed by atoms with Crippen LogP contribution in [0.3, 0.4) is 0 Å². The number of anilines is 2. The molecule has 0 aliphatic rings. The van der Waals surface area contributed by atoms with E-state index < -0.39 is 0 Å². The van der Waals surface area contributed by atoms with Crippen molar-refractivity contribution in [3.05, 3.63) is 54.1 Å². The van der Waals surface area contributed by atoms with E-state index in [4.69, 9.17) is 5.73 Å². The van der Waals surface area contributed by atoms with Gasteiger partial charge in [-0.3, -0.25) is 4.57 Å². The summed E-state index contributed by atoms with van der Waals surface area (Å²) in [7, 11) is 0. The van der Waals surface area contributed by atoms with E-state index in [9.17, 15) is 4.39 Å². The number of nitrogen functional groups attached to an aromatic ring is 1. The average Bonchev–Trinajstić information content (AvgIpc) is 3.28. The number of fused-ring (bicyclic) bond motifs is 1. The molecule has 0 saturated heterocycles. The van der Waals surface area contributed by atoms with Crippen LogP contribution in [0.1, 0.15) is 12.5 Å². The summed E-state index contributed by atoms with van der Waals surface area (Å²) < 4.78 is 16.6. The third-order valence-corrected chi connectivity index (χ3v) is 3.99. The van der Waals surface area contributed by atoms with Crippen molar-refractivity contribution in [2.24, 2.45) is 0 Å². The maximum absolute atomic E-state index is 13.0. The molecule has 3 N–H and O–H groups in total. The Bertz CT molecular complexity index is 1040. The Morgan fingerprint density at radius 3 is 2.65 bits per heavy atom. The van der Waals surface area contributed by atoms with Crippen LogP contribution >= 0.6 is 0 Å². The lowest BCUT2D eigenvalue weighted by Crippen LogP contribution is -2.08. The van der Waals surface area contributed by atoms with Gasteiger partial charge in [0.15, 0.2) is 17.0 Å². The summed E-state index contributed by atoms with van der Waals surface area (Å²) in [5, 5.41) is 7.34. The van der Waals surface area contributed by atoms with Gasteiger partial charge in [-0.2, -0.15) is 15.1 Å². The Hall–Kier alpha value is -3.49. The second kappa shape index (κ2) is 6.43. The Balaban J connectivity index is 1.70. The summed E-state index contributed by atoms with van der Waals surface area (Å²) in [5.41, 5.74) is 8.17. The molecule has 132 valence electrons. The minimum Gasteiger partial charge on any atom is -0.382 e. The Kier molecular flexibility index (Phi) is 3.96. The molecule has 9 heteroatoms. The van der Waals surface area contributed by atoms with E-state index in [2.05, 4.69) is 25.4 Å². The van der Waals surface area contributed by atoms with E-state index in [0.717, 1.165) is 5.56 Å². The third kappa shape index (κ3) is 2.83. The van der Waals surface area contributed by atoms with Crippen molar-refractivity contribution in [1.82, 2.24) is 29.3 Å². The van der Waals surface area contributed by atoms with E-state index >= 15 is 0 Å². The van der Waals surface area contributed by atoms with Gasteiger partial charge in [-0.1, -0.05) is 12.1 Å². The van der Waals surface area contributed by atoms with Crippen LogP contribution in [0.25, 0.3) is 17.1 Å². The van der Waals surface area contributed by atoms with Gasteiger partial charge in [-0.05, 0) is 30.7 Å². The van der Waals surface area contributed by atoms with Gasteiger partial charge < -0.3 is 11.1 Å². The molecular formula is C17H17FN8. The lowest BCUT2D eigenvalue weighted by molar-refractivity contribution is 0.627. The van der Waals surface area contributed by atoms with Gasteiger partial charge in [0.05, 0.1) is 0 Å². The number of benzene rings is 1. The standard InChI is InChI=1S/C17H17FN8/c1-2-25-15-13(22-17(25)26-9-3-8-21-26)14(19)23-16(24-15)20-10-11-4-6-12(18)7-5-11/h3-9H,2,10H2,1H3,(H3,19,20,23,24). The van der Waals surface area contributed by atoms with Crippen molar-refractivity contribution in [1.29, 1.82) is 0 Å². The number of hydrogen-bond donors (Lipinski definition) is 2. The number of aryl methyl sites for hydroxylation is 1. The molecule has 8 nitrogen and oxygen atoms in total. The molecule has 4 aromatic rings. The second-order valence-corrected chi connectivity index (χ2v) is 5.69. The zero-order valence-electron chi connectivity index (χ0n) is 14.1. The molecule has 1 aromatic carbocycles. The minimum atomic E-state index is -0.270. The predicted octanol–water partition coefficient (Wildman–Crippen LogP) is 2.37. The Morgan fingerprint density at radius 2 is 1.96 bits per heavy atom. The molecule has 0 bridgehead atoms. The van der Waals surface area contributed by atoms with Crippen LogP contribution in [-0.2, 0) is 13.1 Å². The number of halogens is 1. The van der Waals surface area contributed by atoms with Crippen LogP contribution in [-0.4, -0.2) is 29.3 Å². The number of nitrogens with two attached hydrogens (primary N) is 1. The van der Waals surface area contributed by atoms with Crippen LogP contribution in [0.4, 0.5) is 16.2 Å². The molecule has 0 fully saturated rings. The SMILES string of the molecule is CCn1c(-n2cccn2)nc2c(N)nc(NCc3ccc(F)cc3)nc21. The quantitative estimate of drug-likeness (QED) is 0.572. The molecule has 0 radical (unpaired) electrons. The maximum Gasteiger partial charge on any atom is 0.233 e. The first-order chi connectivity index (χ1) is 12.7. The normalized spacial score (nSPS) is 11.2. The number of nitrogens with one attached hydrogen (secondary N) is 1. The summed E-state index contributed by atoms with van der Waals surface area (Å²) in [4.78, 5) is 13.4. The molecule has 0 aliphatic carbocycles. The summed E-state index contributed by atoms with van der Waals surface area (Å²) in [6.45, 7) is 3.11. The van der Waals surface area contributed by atoms with Crippen molar-refractivity contribution in [2.45, 2.75) is 20.0 Å². The molecule has 0 unspecified atom stereocenters. The fourth-order valence-electron chi connectivity index (χ4n) is 2.73. The molecule has 0 aliphatic heterocycles. The zero-order valence-corrected chi connectivity index (χ0v) is 14.1. The minimum absolute atomic E-state index is 0.270. The molecule has 0 saturated carbocycles. The first kappa shape index (κ1) is 16.0. The lowest BCUT2D eigenvalue weighted by atomic mass is 10.2. The number of rotatable bonds is 5. The molecule has 26 heavy (non-hydrogen) atoms. The number of nitrogens with zero attached hydrogens (tertiary/aromatic N) is 6. The topological polar surface area (TPSA) is 99.5 Å². The molecular weight excluding hydrogens is 335 g/mol. The van der Waals surface area contributed by atoms with Gasteiger partial charge >= 0.3 is 0 Å². The van der Waals surface area contributed by atoms with Gasteiger partial charge in [0.2, 0.25) is 11.9 Å². The van der Waals surface area contributed by atoms with Crippen LogP contribution in [0.5, 0.6) is 0 Å². The zero-order chi connectivity index (χ0) is 18.1. The number of imidazole rings is 1. The largest absolute Gasteiger partial charge is 0.382 e. The summed E-state index contributed by atoms with van der Waals surface area (Å²) >= 11 is 0. The highest BCUT2D eigenvalue weighted by Crippen LogP contribution is 2.22. The lowest BCUT2D eigenvalue weighted by Gasteiger charge is -2.08. The highest BCUT2D eigenvalue weighted by atomic mass is 19.1. The van der Waals surface area contributed by atoms with Crippen molar-refractivity contribution in [3.63, 3.8) is 0 Å². The van der Waals surface area contributed by atoms with Gasteiger partial charge in [-0.25, -0.2) is 14.1 Å². The monoisotopic (exact) mass is 352 g/mol. The molecule has 3 heterocycles. The number of aromatic nitrogens is 6. The van der Waals surface area contributed by atoms with E-state index in [1.807, 2.05) is 23.8 Å². The van der Waals surface area contributed by atoms with E-state index in [0.29, 0.717) is 36.2 Å². The van der Waals surface area contributed by atoms with Gasteiger partial charge in [0.25, 0.3) is 0 Å². The molecule has 0 atom stereocenters. The van der Waals surface area contributed by atoms with Crippen LogP contribution in [0.15, 0.2) is 42.7 Å². The van der Waals surface area contributed by atoms with Crippen molar-refractivity contribution in [2.75, 3.05) is 11.1 Å². The highest BCUT2D eigenvalue weighted by Gasteiger charge is 2.17. The Morgan fingerprint density at radius 1 is 1.15 bits per heavy atom. The fourth-order valence-corrected chi connectivity index (χ4v) is 2.73. The van der Waals surface area contributed by atoms with Gasteiger partial charge in [0, 0.05) is 25.5 Å². The third-order valence-electron chi connectivity index (χ3n) is 3.99. The first-order valence-corrected chi connectivity index (χ1v) is 8.17. The predicted molar refractivity (Wildman–Crippen MR) is 96.3 cm³/mol. The Labute approximate surface area is 148 Å². The van der Waals surface area contributed by atoms with E-state index in [1.54, 1.807) is 23.0 Å². The first-order valence-electron chi connectivity index (χ1n) is 8.17. The van der Waals surface area contributed by atoms with Crippen LogP contribution in [0, 0.1) is 5.82 Å². The number of hydrogen-bond acceptors (Lipinski definition) is 6. The highest BCUT2D eigenvalue weighted by molar-refractivity contribution is 5.84.